The molecule has 0 aliphatic heterocycles. The highest BCUT2D eigenvalue weighted by atomic mass is 32.2. The normalized spacial score (nSPS) is 12.6. The van der Waals surface area contributed by atoms with E-state index in [-0.39, 0.29) is 19.0 Å². The van der Waals surface area contributed by atoms with Crippen molar-refractivity contribution >= 4 is 20.9 Å². The predicted molar refractivity (Wildman–Crippen MR) is 88.6 cm³/mol. The molecule has 3 aromatic rings. The Morgan fingerprint density at radius 1 is 1.04 bits per heavy atom. The Morgan fingerprint density at radius 3 is 2.48 bits per heavy atom. The molecule has 0 spiro atoms. The number of hydrogen-bond acceptors (Lipinski definition) is 2. The Kier molecular flexibility index (Phi) is 4.96. The number of alkyl halides is 3. The molecule has 0 unspecified atom stereocenters. The van der Waals surface area contributed by atoms with Gasteiger partial charge in [0, 0.05) is 23.6 Å². The molecule has 0 bridgehead atoms. The van der Waals surface area contributed by atoms with E-state index in [0.29, 0.717) is 22.5 Å². The zero-order valence-corrected chi connectivity index (χ0v) is 14.4. The lowest BCUT2D eigenvalue weighted by molar-refractivity contribution is -0.140. The van der Waals surface area contributed by atoms with E-state index in [1.165, 1.54) is 18.2 Å². The molecule has 0 radical (unpaired) electrons. The highest BCUT2D eigenvalue weighted by Crippen LogP contribution is 2.32. The number of sulfonamides is 1. The standard InChI is InChI=1S/C17H13F5N2O2S/c18-11-1-4-16-13(7-11)10(9-23-16)5-6-24-27(25,26)12-2-3-15(19)14(8-12)17(20,21)22/h1-4,7-9,23-24H,5-6H2. The maximum Gasteiger partial charge on any atom is 0.419 e. The van der Waals surface area contributed by atoms with E-state index in [2.05, 4.69) is 9.71 Å². The van der Waals surface area contributed by atoms with Crippen molar-refractivity contribution in [2.45, 2.75) is 17.5 Å². The van der Waals surface area contributed by atoms with Crippen molar-refractivity contribution in [3.05, 3.63) is 65.4 Å². The van der Waals surface area contributed by atoms with Gasteiger partial charge in [-0.05, 0) is 48.4 Å². The minimum Gasteiger partial charge on any atom is -0.361 e. The highest BCUT2D eigenvalue weighted by Gasteiger charge is 2.35. The fourth-order valence-corrected chi connectivity index (χ4v) is 3.71. The van der Waals surface area contributed by atoms with Gasteiger partial charge in [-0.15, -0.1) is 0 Å². The summed E-state index contributed by atoms with van der Waals surface area (Å²) >= 11 is 0. The van der Waals surface area contributed by atoms with Crippen LogP contribution in [0.1, 0.15) is 11.1 Å². The monoisotopic (exact) mass is 404 g/mol. The van der Waals surface area contributed by atoms with E-state index in [4.69, 9.17) is 0 Å². The number of aromatic nitrogens is 1. The second-order valence-electron chi connectivity index (χ2n) is 5.79. The summed E-state index contributed by atoms with van der Waals surface area (Å²) in [5, 5.41) is 0.579. The van der Waals surface area contributed by atoms with Crippen molar-refractivity contribution in [1.82, 2.24) is 9.71 Å². The molecule has 0 aliphatic carbocycles. The lowest BCUT2D eigenvalue weighted by Crippen LogP contribution is -2.26. The molecular formula is C17H13F5N2O2S. The van der Waals surface area contributed by atoms with Crippen LogP contribution in [0, 0.1) is 11.6 Å². The molecule has 2 aromatic carbocycles. The van der Waals surface area contributed by atoms with Gasteiger partial charge in [0.1, 0.15) is 11.6 Å². The van der Waals surface area contributed by atoms with Gasteiger partial charge in [-0.2, -0.15) is 13.2 Å². The zero-order chi connectivity index (χ0) is 19.8. The van der Waals surface area contributed by atoms with E-state index in [9.17, 15) is 30.4 Å². The van der Waals surface area contributed by atoms with Gasteiger partial charge in [0.2, 0.25) is 10.0 Å². The molecule has 0 aliphatic rings. The number of hydrogen-bond donors (Lipinski definition) is 2. The van der Waals surface area contributed by atoms with Crippen molar-refractivity contribution in [3.63, 3.8) is 0 Å². The van der Waals surface area contributed by atoms with Gasteiger partial charge >= 0.3 is 6.18 Å². The minimum absolute atomic E-state index is 0.134. The van der Waals surface area contributed by atoms with Crippen LogP contribution in [0.4, 0.5) is 22.0 Å². The molecule has 0 saturated heterocycles. The Morgan fingerprint density at radius 2 is 1.78 bits per heavy atom. The van der Waals surface area contributed by atoms with Crippen LogP contribution in [-0.4, -0.2) is 19.9 Å². The summed E-state index contributed by atoms with van der Waals surface area (Å²) in [6, 6.07) is 5.57. The molecular weight excluding hydrogens is 391 g/mol. The first kappa shape index (κ1) is 19.3. The number of nitrogens with one attached hydrogen (secondary N) is 2. The average molecular weight is 404 g/mol. The van der Waals surface area contributed by atoms with Crippen molar-refractivity contribution in [2.75, 3.05) is 6.54 Å². The fraction of sp³-hybridized carbons (Fsp3) is 0.176. The maximum absolute atomic E-state index is 13.3. The molecule has 1 aromatic heterocycles. The van der Waals surface area contributed by atoms with Crippen molar-refractivity contribution in [3.8, 4) is 0 Å². The Hall–Kier alpha value is -2.46. The van der Waals surface area contributed by atoms with Crippen LogP contribution in [-0.2, 0) is 22.6 Å². The summed E-state index contributed by atoms with van der Waals surface area (Å²) in [5.41, 5.74) is -0.345. The van der Waals surface area contributed by atoms with Crippen LogP contribution in [0.15, 0.2) is 47.5 Å². The third kappa shape index (κ3) is 4.11. The molecule has 0 fully saturated rings. The predicted octanol–water partition coefficient (Wildman–Crippen LogP) is 3.99. The second-order valence-corrected chi connectivity index (χ2v) is 7.56. The van der Waals surface area contributed by atoms with Gasteiger partial charge in [0.05, 0.1) is 10.5 Å². The summed E-state index contributed by atoms with van der Waals surface area (Å²) in [5.74, 6) is -2.00. The summed E-state index contributed by atoms with van der Waals surface area (Å²) in [6.07, 6.45) is -3.24. The van der Waals surface area contributed by atoms with Crippen LogP contribution in [0.2, 0.25) is 0 Å². The van der Waals surface area contributed by atoms with Gasteiger partial charge in [-0.3, -0.25) is 0 Å². The van der Waals surface area contributed by atoms with Crippen molar-refractivity contribution in [1.29, 1.82) is 0 Å². The molecule has 0 saturated carbocycles. The minimum atomic E-state index is -5.01. The number of fused-ring (bicyclic) bond motifs is 1. The first-order chi connectivity index (χ1) is 12.6. The average Bonchev–Trinajstić information content (AvgIpc) is 2.96. The molecule has 4 nitrogen and oxygen atoms in total. The Bertz CT molecular complexity index is 1090. The van der Waals surface area contributed by atoms with Gasteiger partial charge in [0.25, 0.3) is 0 Å². The van der Waals surface area contributed by atoms with Crippen LogP contribution in [0.5, 0.6) is 0 Å². The summed E-state index contributed by atoms with van der Waals surface area (Å²) < 4.78 is 91.5. The van der Waals surface area contributed by atoms with Crippen LogP contribution >= 0.6 is 0 Å². The number of H-pyrrole nitrogens is 1. The van der Waals surface area contributed by atoms with Gasteiger partial charge in [-0.25, -0.2) is 21.9 Å². The topological polar surface area (TPSA) is 62.0 Å². The van der Waals surface area contributed by atoms with Crippen molar-refractivity contribution in [2.24, 2.45) is 0 Å². The summed E-state index contributed by atoms with van der Waals surface area (Å²) in [7, 11) is -4.28. The van der Waals surface area contributed by atoms with Gasteiger partial charge in [0.15, 0.2) is 0 Å². The Balaban J connectivity index is 1.76. The van der Waals surface area contributed by atoms with E-state index in [1.54, 1.807) is 6.20 Å². The number of aromatic amines is 1. The third-order valence-corrected chi connectivity index (χ3v) is 5.43. The lowest BCUT2D eigenvalue weighted by atomic mass is 10.1. The quantitative estimate of drug-likeness (QED) is 0.632. The van der Waals surface area contributed by atoms with Crippen molar-refractivity contribution < 1.29 is 30.4 Å². The highest BCUT2D eigenvalue weighted by molar-refractivity contribution is 7.89. The molecule has 1 heterocycles. The van der Waals surface area contributed by atoms with E-state index >= 15 is 0 Å². The van der Waals surface area contributed by atoms with E-state index < -0.39 is 38.3 Å². The molecule has 10 heteroatoms. The molecule has 0 atom stereocenters. The second kappa shape index (κ2) is 6.93. The summed E-state index contributed by atoms with van der Waals surface area (Å²) in [6.45, 7) is -0.134. The molecule has 3 rings (SSSR count). The molecule has 2 N–H and O–H groups in total. The maximum atomic E-state index is 13.3. The van der Waals surface area contributed by atoms with Crippen LogP contribution < -0.4 is 4.72 Å². The van der Waals surface area contributed by atoms with Gasteiger partial charge < -0.3 is 4.98 Å². The fourth-order valence-electron chi connectivity index (χ4n) is 2.65. The van der Waals surface area contributed by atoms with Gasteiger partial charge in [-0.1, -0.05) is 0 Å². The molecule has 27 heavy (non-hydrogen) atoms. The zero-order valence-electron chi connectivity index (χ0n) is 13.6. The third-order valence-electron chi connectivity index (χ3n) is 3.97. The van der Waals surface area contributed by atoms with Crippen LogP contribution in [0.25, 0.3) is 10.9 Å². The number of halogens is 5. The number of rotatable bonds is 5. The SMILES string of the molecule is O=S(=O)(NCCc1c[nH]c2ccc(F)cc12)c1ccc(F)c(C(F)(F)F)c1. The molecule has 0 amide bonds. The molecule has 144 valence electrons. The number of benzene rings is 2. The van der Waals surface area contributed by atoms with E-state index in [0.717, 1.165) is 6.07 Å². The first-order valence-corrected chi connectivity index (χ1v) is 9.18. The van der Waals surface area contributed by atoms with E-state index in [1.807, 2.05) is 0 Å². The Labute approximate surface area is 151 Å². The van der Waals surface area contributed by atoms with Crippen LogP contribution in [0.3, 0.4) is 0 Å². The smallest absolute Gasteiger partial charge is 0.361 e. The largest absolute Gasteiger partial charge is 0.419 e. The summed E-state index contributed by atoms with van der Waals surface area (Å²) in [4.78, 5) is 2.22. The lowest BCUT2D eigenvalue weighted by Gasteiger charge is -2.11. The first-order valence-electron chi connectivity index (χ1n) is 7.70.